The molecule has 0 amide bonds. The number of carbonyl (C=O) groups is 1. The minimum Gasteiger partial charge on any atom is -0.461 e. The molecule has 0 saturated carbocycles. The third-order valence-corrected chi connectivity index (χ3v) is 2.56. The molecule has 0 spiro atoms. The molecule has 0 aliphatic heterocycles. The van der Waals surface area contributed by atoms with Crippen LogP contribution < -0.4 is 0 Å². The lowest BCUT2D eigenvalue weighted by atomic mass is 10.1. The van der Waals surface area contributed by atoms with Crippen LogP contribution in [0, 0.1) is 12.7 Å². The van der Waals surface area contributed by atoms with Gasteiger partial charge < -0.3 is 4.74 Å². The molecule has 0 N–H and O–H groups in total. The number of esters is 1. The maximum atomic E-state index is 13.2. The molecule has 0 atom stereocenters. The van der Waals surface area contributed by atoms with Gasteiger partial charge >= 0.3 is 5.97 Å². The van der Waals surface area contributed by atoms with Gasteiger partial charge in [-0.2, -0.15) is 0 Å². The summed E-state index contributed by atoms with van der Waals surface area (Å²) in [5.74, 6) is -0.413. The first-order valence-electron chi connectivity index (χ1n) is 5.88. The summed E-state index contributed by atoms with van der Waals surface area (Å²) in [6, 6.07) is 6.05. The Bertz CT molecular complexity index is 614. The van der Waals surface area contributed by atoms with Gasteiger partial charge in [-0.1, -0.05) is 0 Å². The Morgan fingerprint density at radius 3 is 2.84 bits per heavy atom. The van der Waals surface area contributed by atoms with E-state index in [1.807, 2.05) is 0 Å². The Hall–Kier alpha value is -2.30. The maximum absolute atomic E-state index is 13.2. The van der Waals surface area contributed by atoms with Crippen molar-refractivity contribution in [2.45, 2.75) is 13.8 Å². The van der Waals surface area contributed by atoms with E-state index in [1.54, 1.807) is 26.0 Å². The molecule has 4 nitrogen and oxygen atoms in total. The van der Waals surface area contributed by atoms with Gasteiger partial charge in [0.15, 0.2) is 11.5 Å². The van der Waals surface area contributed by atoms with Crippen molar-refractivity contribution in [3.05, 3.63) is 47.5 Å². The second-order valence-corrected chi connectivity index (χ2v) is 3.95. The van der Waals surface area contributed by atoms with Crippen LogP contribution in [0.5, 0.6) is 0 Å². The number of benzene rings is 1. The van der Waals surface area contributed by atoms with E-state index in [-0.39, 0.29) is 18.1 Å². The highest BCUT2D eigenvalue weighted by Crippen LogP contribution is 2.18. The number of aromatic nitrogens is 2. The van der Waals surface area contributed by atoms with Crippen molar-refractivity contribution in [2.24, 2.45) is 0 Å². The third-order valence-electron chi connectivity index (χ3n) is 2.56. The number of nitrogens with zero attached hydrogens (tertiary/aromatic N) is 2. The van der Waals surface area contributed by atoms with Crippen LogP contribution in [-0.2, 0) is 4.74 Å². The smallest absolute Gasteiger partial charge is 0.357 e. The fourth-order valence-corrected chi connectivity index (χ4v) is 1.60. The highest BCUT2D eigenvalue weighted by molar-refractivity contribution is 5.87. The van der Waals surface area contributed by atoms with Crippen LogP contribution in [0.4, 0.5) is 4.39 Å². The normalized spacial score (nSPS) is 10.3. The predicted molar refractivity (Wildman–Crippen MR) is 68.1 cm³/mol. The molecule has 2 aromatic rings. The van der Waals surface area contributed by atoms with Crippen LogP contribution >= 0.6 is 0 Å². The Morgan fingerprint density at radius 2 is 2.16 bits per heavy atom. The molecule has 1 aromatic heterocycles. The van der Waals surface area contributed by atoms with Gasteiger partial charge in [0.2, 0.25) is 0 Å². The fourth-order valence-electron chi connectivity index (χ4n) is 1.60. The molecule has 0 saturated heterocycles. The number of hydrogen-bond donors (Lipinski definition) is 0. The van der Waals surface area contributed by atoms with Crippen molar-refractivity contribution in [3.63, 3.8) is 0 Å². The molecule has 1 heterocycles. The number of halogens is 1. The summed E-state index contributed by atoms with van der Waals surface area (Å²) in [4.78, 5) is 19.8. The fraction of sp³-hybridized carbons (Fsp3) is 0.214. The van der Waals surface area contributed by atoms with E-state index in [0.717, 1.165) is 0 Å². The minimum absolute atomic E-state index is 0.189. The molecule has 2 rings (SSSR count). The minimum atomic E-state index is -0.495. The van der Waals surface area contributed by atoms with Crippen LogP contribution in [0.25, 0.3) is 11.4 Å². The molecule has 19 heavy (non-hydrogen) atoms. The summed E-state index contributed by atoms with van der Waals surface area (Å²) in [5, 5.41) is 0. The summed E-state index contributed by atoms with van der Waals surface area (Å²) in [5.41, 5.74) is 1.35. The van der Waals surface area contributed by atoms with E-state index in [2.05, 4.69) is 9.97 Å². The van der Waals surface area contributed by atoms with Gasteiger partial charge in [0.05, 0.1) is 6.61 Å². The lowest BCUT2D eigenvalue weighted by molar-refractivity contribution is 0.0519. The largest absolute Gasteiger partial charge is 0.461 e. The van der Waals surface area contributed by atoms with Gasteiger partial charge in [0, 0.05) is 11.8 Å². The Labute approximate surface area is 110 Å². The number of ether oxygens (including phenoxy) is 1. The van der Waals surface area contributed by atoms with Crippen molar-refractivity contribution >= 4 is 5.97 Å². The molecule has 0 unspecified atom stereocenters. The van der Waals surface area contributed by atoms with Crippen molar-refractivity contribution in [1.82, 2.24) is 9.97 Å². The topological polar surface area (TPSA) is 52.1 Å². The van der Waals surface area contributed by atoms with Gasteiger partial charge in [0.1, 0.15) is 5.82 Å². The number of aryl methyl sites for hydroxylation is 1. The van der Waals surface area contributed by atoms with Crippen molar-refractivity contribution < 1.29 is 13.9 Å². The first-order valence-corrected chi connectivity index (χ1v) is 5.88. The zero-order valence-corrected chi connectivity index (χ0v) is 10.7. The van der Waals surface area contributed by atoms with Crippen molar-refractivity contribution in [3.8, 4) is 11.4 Å². The molecule has 0 radical (unpaired) electrons. The van der Waals surface area contributed by atoms with E-state index in [1.165, 1.54) is 18.3 Å². The Balaban J connectivity index is 2.37. The van der Waals surface area contributed by atoms with E-state index in [9.17, 15) is 9.18 Å². The molecular formula is C14H13FN2O2. The second-order valence-electron chi connectivity index (χ2n) is 3.95. The quantitative estimate of drug-likeness (QED) is 0.796. The van der Waals surface area contributed by atoms with Crippen molar-refractivity contribution in [1.29, 1.82) is 0 Å². The molecule has 1 aromatic carbocycles. The third kappa shape index (κ3) is 2.93. The highest BCUT2D eigenvalue weighted by atomic mass is 19.1. The maximum Gasteiger partial charge on any atom is 0.357 e. The number of carbonyl (C=O) groups excluding carboxylic acids is 1. The SMILES string of the molecule is CCOC(=O)c1ccnc(-c2ccc(F)c(C)c2)n1. The molecular weight excluding hydrogens is 247 g/mol. The summed E-state index contributed by atoms with van der Waals surface area (Å²) in [7, 11) is 0. The van der Waals surface area contributed by atoms with Gasteiger partial charge in [-0.25, -0.2) is 19.2 Å². The van der Waals surface area contributed by atoms with E-state index in [4.69, 9.17) is 4.74 Å². The van der Waals surface area contributed by atoms with Gasteiger partial charge in [-0.05, 0) is 43.7 Å². The molecule has 0 aliphatic carbocycles. The molecule has 0 fully saturated rings. The van der Waals surface area contributed by atoms with E-state index in [0.29, 0.717) is 17.0 Å². The number of hydrogen-bond acceptors (Lipinski definition) is 4. The van der Waals surface area contributed by atoms with Gasteiger partial charge in [-0.15, -0.1) is 0 Å². The van der Waals surface area contributed by atoms with E-state index < -0.39 is 5.97 Å². The average Bonchev–Trinajstić information content (AvgIpc) is 2.42. The molecule has 98 valence electrons. The highest BCUT2D eigenvalue weighted by Gasteiger charge is 2.11. The Kier molecular flexibility index (Phi) is 3.85. The standard InChI is InChI=1S/C14H13FN2O2/c1-3-19-14(18)12-6-7-16-13(17-12)10-4-5-11(15)9(2)8-10/h4-8H,3H2,1-2H3. The van der Waals surface area contributed by atoms with Crippen LogP contribution in [-0.4, -0.2) is 22.5 Å². The van der Waals surface area contributed by atoms with E-state index >= 15 is 0 Å². The number of rotatable bonds is 3. The average molecular weight is 260 g/mol. The summed E-state index contributed by atoms with van der Waals surface area (Å²) in [6.45, 7) is 3.67. The van der Waals surface area contributed by atoms with Crippen LogP contribution in [0.15, 0.2) is 30.5 Å². The zero-order chi connectivity index (χ0) is 13.8. The first kappa shape index (κ1) is 13.1. The summed E-state index contributed by atoms with van der Waals surface area (Å²) >= 11 is 0. The molecule has 5 heteroatoms. The molecule has 0 aliphatic rings. The first-order chi connectivity index (χ1) is 9.11. The van der Waals surface area contributed by atoms with Crippen LogP contribution in [0.1, 0.15) is 23.0 Å². The second kappa shape index (κ2) is 5.56. The summed E-state index contributed by atoms with van der Waals surface area (Å²) in [6.07, 6.45) is 1.48. The monoisotopic (exact) mass is 260 g/mol. The lowest BCUT2D eigenvalue weighted by Crippen LogP contribution is -2.08. The van der Waals surface area contributed by atoms with Crippen LogP contribution in [0.3, 0.4) is 0 Å². The van der Waals surface area contributed by atoms with Gasteiger partial charge in [-0.3, -0.25) is 0 Å². The summed E-state index contributed by atoms with van der Waals surface area (Å²) < 4.78 is 18.1. The predicted octanol–water partition coefficient (Wildman–Crippen LogP) is 2.77. The van der Waals surface area contributed by atoms with Crippen LogP contribution in [0.2, 0.25) is 0 Å². The van der Waals surface area contributed by atoms with Gasteiger partial charge in [0.25, 0.3) is 0 Å². The molecule has 0 bridgehead atoms. The van der Waals surface area contributed by atoms with Crippen molar-refractivity contribution in [2.75, 3.05) is 6.61 Å². The lowest BCUT2D eigenvalue weighted by Gasteiger charge is -2.05. The zero-order valence-electron chi connectivity index (χ0n) is 10.7. The Morgan fingerprint density at radius 1 is 1.37 bits per heavy atom.